The van der Waals surface area contributed by atoms with Crippen molar-refractivity contribution in [2.45, 2.75) is 63.9 Å². The molecule has 0 aliphatic carbocycles. The standard InChI is InChI=1S/C23H30N2O3S2/c1-7-28-21(27)17-15-13-22(3,4)25-23(5,6)18(15)30-20(17)24-19(26)14-11-9-10-12-16(14)29-8-2/h9-12,25H,7-8,13H2,1-6H3,(H,24,26). The highest BCUT2D eigenvalue weighted by Crippen LogP contribution is 2.45. The average molecular weight is 447 g/mol. The van der Waals surface area contributed by atoms with Gasteiger partial charge in [0.15, 0.2) is 0 Å². The molecule has 0 saturated carbocycles. The molecule has 1 aromatic carbocycles. The van der Waals surface area contributed by atoms with Crippen LogP contribution in [0.1, 0.15) is 72.7 Å². The molecule has 1 amide bonds. The van der Waals surface area contributed by atoms with Crippen LogP contribution in [0.15, 0.2) is 29.2 Å². The first-order valence-corrected chi connectivity index (χ1v) is 12.1. The molecule has 1 aliphatic rings. The second-order valence-corrected chi connectivity index (χ2v) is 10.9. The first-order valence-electron chi connectivity index (χ1n) is 10.3. The molecule has 0 fully saturated rings. The average Bonchev–Trinajstić information content (AvgIpc) is 2.99. The highest BCUT2D eigenvalue weighted by molar-refractivity contribution is 7.99. The first-order chi connectivity index (χ1) is 14.1. The van der Waals surface area contributed by atoms with Crippen molar-refractivity contribution in [3.8, 4) is 0 Å². The molecule has 0 radical (unpaired) electrons. The number of carbonyl (C=O) groups excluding carboxylic acids is 2. The third-order valence-corrected chi connectivity index (χ3v) is 7.41. The third kappa shape index (κ3) is 4.58. The second-order valence-electron chi connectivity index (χ2n) is 8.53. The number of fused-ring (bicyclic) bond motifs is 1. The highest BCUT2D eigenvalue weighted by Gasteiger charge is 2.42. The number of thioether (sulfide) groups is 1. The molecule has 0 saturated heterocycles. The van der Waals surface area contributed by atoms with Gasteiger partial charge in [0.05, 0.1) is 17.7 Å². The van der Waals surface area contributed by atoms with E-state index in [0.717, 1.165) is 21.1 Å². The Balaban J connectivity index is 2.06. The monoisotopic (exact) mass is 446 g/mol. The fourth-order valence-electron chi connectivity index (χ4n) is 4.14. The van der Waals surface area contributed by atoms with Gasteiger partial charge in [-0.3, -0.25) is 4.79 Å². The molecule has 0 spiro atoms. The zero-order valence-corrected chi connectivity index (χ0v) is 20.1. The summed E-state index contributed by atoms with van der Waals surface area (Å²) in [6.07, 6.45) is 0.689. The van der Waals surface area contributed by atoms with E-state index in [1.54, 1.807) is 18.7 Å². The van der Waals surface area contributed by atoms with Crippen LogP contribution in [0.4, 0.5) is 5.00 Å². The van der Waals surface area contributed by atoms with Crippen LogP contribution in [0, 0.1) is 0 Å². The number of rotatable bonds is 6. The molecule has 1 aromatic heterocycles. The van der Waals surface area contributed by atoms with Gasteiger partial charge in [0.1, 0.15) is 5.00 Å². The summed E-state index contributed by atoms with van der Waals surface area (Å²) in [5, 5.41) is 7.24. The third-order valence-electron chi connectivity index (χ3n) is 4.98. The maximum absolute atomic E-state index is 13.2. The molecule has 3 rings (SSSR count). The fraction of sp³-hybridized carbons (Fsp3) is 0.478. The minimum absolute atomic E-state index is 0.176. The molecule has 30 heavy (non-hydrogen) atoms. The van der Waals surface area contributed by atoms with E-state index in [4.69, 9.17) is 4.74 Å². The molecule has 2 N–H and O–H groups in total. The van der Waals surface area contributed by atoms with E-state index in [9.17, 15) is 9.59 Å². The van der Waals surface area contributed by atoms with E-state index in [1.807, 2.05) is 24.3 Å². The lowest BCUT2D eigenvalue weighted by Gasteiger charge is -2.42. The zero-order valence-electron chi connectivity index (χ0n) is 18.5. The highest BCUT2D eigenvalue weighted by atomic mass is 32.2. The Morgan fingerprint density at radius 2 is 1.90 bits per heavy atom. The number of hydrogen-bond acceptors (Lipinski definition) is 6. The lowest BCUT2D eigenvalue weighted by molar-refractivity contribution is 0.0526. The van der Waals surface area contributed by atoms with Crippen LogP contribution in [0.5, 0.6) is 0 Å². The van der Waals surface area contributed by atoms with Gasteiger partial charge < -0.3 is 15.4 Å². The Kier molecular flexibility index (Phi) is 6.65. The van der Waals surface area contributed by atoms with Crippen molar-refractivity contribution < 1.29 is 14.3 Å². The minimum atomic E-state index is -0.380. The number of esters is 1. The number of anilines is 1. The Morgan fingerprint density at radius 3 is 2.57 bits per heavy atom. The summed E-state index contributed by atoms with van der Waals surface area (Å²) in [5.74, 6) is 0.288. The molecular formula is C23H30N2O3S2. The molecule has 2 heterocycles. The Hall–Kier alpha value is -1.83. The molecule has 0 bridgehead atoms. The van der Waals surface area contributed by atoms with E-state index >= 15 is 0 Å². The Bertz CT molecular complexity index is 963. The number of ether oxygens (including phenoxy) is 1. The van der Waals surface area contributed by atoms with Crippen molar-refractivity contribution in [2.24, 2.45) is 0 Å². The predicted octanol–water partition coefficient (Wildman–Crippen LogP) is 5.45. The largest absolute Gasteiger partial charge is 0.462 e. The summed E-state index contributed by atoms with van der Waals surface area (Å²) < 4.78 is 5.37. The van der Waals surface area contributed by atoms with Crippen molar-refractivity contribution in [2.75, 3.05) is 17.7 Å². The van der Waals surface area contributed by atoms with Crippen molar-refractivity contribution >= 4 is 40.0 Å². The first kappa shape index (κ1) is 22.8. The smallest absolute Gasteiger partial charge is 0.341 e. The second kappa shape index (κ2) is 8.73. The lowest BCUT2D eigenvalue weighted by Crippen LogP contribution is -2.55. The summed E-state index contributed by atoms with van der Waals surface area (Å²) in [6.45, 7) is 12.6. The summed E-state index contributed by atoms with van der Waals surface area (Å²) in [6, 6.07) is 7.55. The van der Waals surface area contributed by atoms with Gasteiger partial charge in [0, 0.05) is 20.9 Å². The molecule has 162 valence electrons. The Morgan fingerprint density at radius 1 is 1.20 bits per heavy atom. The summed E-state index contributed by atoms with van der Waals surface area (Å²) in [7, 11) is 0. The van der Waals surface area contributed by atoms with Crippen molar-refractivity contribution in [1.29, 1.82) is 0 Å². The van der Waals surface area contributed by atoms with E-state index < -0.39 is 0 Å². The van der Waals surface area contributed by atoms with Crippen LogP contribution in [0.25, 0.3) is 0 Å². The van der Waals surface area contributed by atoms with Crippen LogP contribution in [-0.4, -0.2) is 29.8 Å². The normalized spacial score (nSPS) is 16.6. The minimum Gasteiger partial charge on any atom is -0.462 e. The van der Waals surface area contributed by atoms with Crippen molar-refractivity contribution in [3.05, 3.63) is 45.8 Å². The van der Waals surface area contributed by atoms with Gasteiger partial charge in [0.25, 0.3) is 5.91 Å². The topological polar surface area (TPSA) is 67.4 Å². The Labute approximate surface area is 187 Å². The van der Waals surface area contributed by atoms with Crippen LogP contribution in [-0.2, 0) is 16.7 Å². The maximum atomic E-state index is 13.2. The van der Waals surface area contributed by atoms with E-state index in [-0.39, 0.29) is 29.6 Å². The molecule has 1 aliphatic heterocycles. The molecule has 5 nitrogen and oxygen atoms in total. The van der Waals surface area contributed by atoms with Crippen LogP contribution in [0.3, 0.4) is 0 Å². The van der Waals surface area contributed by atoms with E-state index in [2.05, 4.69) is 45.3 Å². The molecule has 2 aromatic rings. The van der Waals surface area contributed by atoms with Gasteiger partial charge >= 0.3 is 5.97 Å². The van der Waals surface area contributed by atoms with Crippen LogP contribution < -0.4 is 10.6 Å². The number of thiophene rings is 1. The van der Waals surface area contributed by atoms with Gasteiger partial charge in [-0.25, -0.2) is 4.79 Å². The SMILES string of the molecule is CCOC(=O)c1c(NC(=O)c2ccccc2SCC)sc2c1CC(C)(C)NC2(C)C. The zero-order chi connectivity index (χ0) is 22.1. The van der Waals surface area contributed by atoms with E-state index in [1.165, 1.54) is 11.3 Å². The maximum Gasteiger partial charge on any atom is 0.341 e. The van der Waals surface area contributed by atoms with Crippen molar-refractivity contribution in [3.63, 3.8) is 0 Å². The summed E-state index contributed by atoms with van der Waals surface area (Å²) in [5.41, 5.74) is 1.59. The van der Waals surface area contributed by atoms with Gasteiger partial charge in [0.2, 0.25) is 0 Å². The number of carbonyl (C=O) groups is 2. The molecule has 0 unspecified atom stereocenters. The van der Waals surface area contributed by atoms with Crippen LogP contribution >= 0.6 is 23.1 Å². The quantitative estimate of drug-likeness (QED) is 0.456. The fourth-order valence-corrected chi connectivity index (χ4v) is 6.20. The number of amides is 1. The van der Waals surface area contributed by atoms with Gasteiger partial charge in [-0.15, -0.1) is 23.1 Å². The van der Waals surface area contributed by atoms with Crippen molar-refractivity contribution in [1.82, 2.24) is 5.32 Å². The molecular weight excluding hydrogens is 416 g/mol. The summed E-state index contributed by atoms with van der Waals surface area (Å²) in [4.78, 5) is 28.1. The lowest BCUT2D eigenvalue weighted by atomic mass is 9.81. The van der Waals surface area contributed by atoms with Gasteiger partial charge in [-0.1, -0.05) is 19.1 Å². The predicted molar refractivity (Wildman–Crippen MR) is 125 cm³/mol. The molecule has 0 atom stereocenters. The van der Waals surface area contributed by atoms with E-state index in [0.29, 0.717) is 22.5 Å². The molecule has 7 heteroatoms. The summed E-state index contributed by atoms with van der Waals surface area (Å²) >= 11 is 3.09. The number of benzene rings is 1. The van der Waals surface area contributed by atoms with Gasteiger partial charge in [-0.2, -0.15) is 0 Å². The van der Waals surface area contributed by atoms with Gasteiger partial charge in [-0.05, 0) is 64.5 Å². The number of nitrogens with one attached hydrogen (secondary N) is 2. The number of hydrogen-bond donors (Lipinski definition) is 2. The van der Waals surface area contributed by atoms with Crippen LogP contribution in [0.2, 0.25) is 0 Å².